The van der Waals surface area contributed by atoms with Gasteiger partial charge in [-0.15, -0.1) is 0 Å². The topological polar surface area (TPSA) is 35.3 Å². The van der Waals surface area contributed by atoms with Gasteiger partial charge in [0.2, 0.25) is 0 Å². The molecule has 0 N–H and O–H groups in total. The van der Waals surface area contributed by atoms with E-state index in [1.54, 1.807) is 0 Å². The van der Waals surface area contributed by atoms with Crippen LogP contribution in [0.2, 0.25) is 0 Å². The molecule has 5 rings (SSSR count). The molecule has 0 fully saturated rings. The van der Waals surface area contributed by atoms with Gasteiger partial charge in [-0.2, -0.15) is 0 Å². The van der Waals surface area contributed by atoms with Crippen molar-refractivity contribution >= 4 is 21.9 Å². The predicted molar refractivity (Wildman–Crippen MR) is 117 cm³/mol. The molecule has 0 aliphatic carbocycles. The molecule has 0 saturated carbocycles. The Balaban J connectivity index is 1.53. The van der Waals surface area contributed by atoms with Gasteiger partial charge in [-0.1, -0.05) is 54.6 Å². The van der Waals surface area contributed by atoms with E-state index in [9.17, 15) is 0 Å². The summed E-state index contributed by atoms with van der Waals surface area (Å²) in [7, 11) is 0. The molecule has 0 saturated heterocycles. The number of furan rings is 1. The number of para-hydroxylation sites is 1. The Kier molecular flexibility index (Phi) is 4.28. The molecule has 0 atom stereocenters. The molecule has 2 aromatic heterocycles. The third-order valence-electron chi connectivity index (χ3n) is 5.30. The van der Waals surface area contributed by atoms with Crippen LogP contribution < -0.4 is 4.74 Å². The number of fused-ring (bicyclic) bond motifs is 2. The van der Waals surface area contributed by atoms with E-state index in [2.05, 4.69) is 44.2 Å². The summed E-state index contributed by atoms with van der Waals surface area (Å²) in [4.78, 5) is 4.88. The third-order valence-corrected chi connectivity index (χ3v) is 5.30. The summed E-state index contributed by atoms with van der Waals surface area (Å²) < 4.78 is 12.2. The molecule has 3 aromatic carbocycles. The van der Waals surface area contributed by atoms with Gasteiger partial charge in [0.05, 0.1) is 5.52 Å². The van der Waals surface area contributed by atoms with E-state index < -0.39 is 0 Å². The lowest BCUT2D eigenvalue weighted by Gasteiger charge is -2.11. The lowest BCUT2D eigenvalue weighted by molar-refractivity contribution is 0.304. The third kappa shape index (κ3) is 3.25. The number of pyridine rings is 1. The normalized spacial score (nSPS) is 11.2. The number of hydrogen-bond acceptors (Lipinski definition) is 3. The molecule has 0 radical (unpaired) electrons. The lowest BCUT2D eigenvalue weighted by Crippen LogP contribution is -1.97. The van der Waals surface area contributed by atoms with Crippen molar-refractivity contribution in [2.45, 2.75) is 20.5 Å². The van der Waals surface area contributed by atoms with Crippen molar-refractivity contribution < 1.29 is 9.15 Å². The molecule has 0 aliphatic heterocycles. The molecule has 142 valence electrons. The quantitative estimate of drug-likeness (QED) is 0.343. The van der Waals surface area contributed by atoms with Gasteiger partial charge in [-0.3, -0.25) is 0 Å². The fourth-order valence-electron chi connectivity index (χ4n) is 3.70. The van der Waals surface area contributed by atoms with Crippen molar-refractivity contribution in [3.8, 4) is 17.2 Å². The largest absolute Gasteiger partial charge is 0.489 e. The fourth-order valence-corrected chi connectivity index (χ4v) is 3.70. The summed E-state index contributed by atoms with van der Waals surface area (Å²) in [6, 6.07) is 26.5. The van der Waals surface area contributed by atoms with E-state index >= 15 is 0 Å². The second-order valence-electron chi connectivity index (χ2n) is 7.33. The predicted octanol–water partition coefficient (Wildman–Crippen LogP) is 6.84. The van der Waals surface area contributed by atoms with E-state index in [1.807, 2.05) is 48.5 Å². The highest BCUT2D eigenvalue weighted by Crippen LogP contribution is 2.33. The van der Waals surface area contributed by atoms with Crippen LogP contribution >= 0.6 is 0 Å². The van der Waals surface area contributed by atoms with Gasteiger partial charge >= 0.3 is 0 Å². The van der Waals surface area contributed by atoms with Crippen molar-refractivity contribution in [2.75, 3.05) is 0 Å². The average molecular weight is 379 g/mol. The SMILES string of the molecule is Cc1cc2ccc(-c3oc4ccccc4c3C)nc2cc1OCc1ccccc1. The zero-order valence-electron chi connectivity index (χ0n) is 16.5. The molecule has 0 unspecified atom stereocenters. The van der Waals surface area contributed by atoms with Crippen molar-refractivity contribution in [1.29, 1.82) is 0 Å². The van der Waals surface area contributed by atoms with Gasteiger partial charge in [-0.25, -0.2) is 4.98 Å². The standard InChI is InChI=1S/C26H21NO2/c1-17-14-20-12-13-22(26-18(2)21-10-6-7-11-24(21)29-26)27-23(20)15-25(17)28-16-19-8-4-3-5-9-19/h3-15H,16H2,1-2H3. The first-order chi connectivity index (χ1) is 14.2. The second kappa shape index (κ2) is 7.10. The van der Waals surface area contributed by atoms with E-state index in [-0.39, 0.29) is 0 Å². The molecular formula is C26H21NO2. The molecule has 0 bridgehead atoms. The van der Waals surface area contributed by atoms with E-state index in [1.165, 1.54) is 0 Å². The van der Waals surface area contributed by atoms with Crippen LogP contribution in [-0.2, 0) is 6.61 Å². The number of hydrogen-bond donors (Lipinski definition) is 0. The summed E-state index contributed by atoms with van der Waals surface area (Å²) in [5.41, 5.74) is 5.98. The first-order valence-corrected chi connectivity index (χ1v) is 9.76. The second-order valence-corrected chi connectivity index (χ2v) is 7.33. The Labute approximate surface area is 169 Å². The Bertz CT molecular complexity index is 1320. The number of ether oxygens (including phenoxy) is 1. The van der Waals surface area contributed by atoms with Gasteiger partial charge in [0.25, 0.3) is 0 Å². The monoisotopic (exact) mass is 379 g/mol. The number of nitrogens with zero attached hydrogens (tertiary/aromatic N) is 1. The Hall–Kier alpha value is -3.59. The van der Waals surface area contributed by atoms with Gasteiger partial charge in [0.1, 0.15) is 23.6 Å². The minimum absolute atomic E-state index is 0.537. The molecule has 3 nitrogen and oxygen atoms in total. The summed E-state index contributed by atoms with van der Waals surface area (Å²) in [5.74, 6) is 1.67. The maximum atomic E-state index is 6.10. The first kappa shape index (κ1) is 17.5. The Morgan fingerprint density at radius 1 is 0.862 bits per heavy atom. The van der Waals surface area contributed by atoms with Crippen LogP contribution in [0.25, 0.3) is 33.3 Å². The molecule has 5 aromatic rings. The van der Waals surface area contributed by atoms with E-state index in [0.29, 0.717) is 6.61 Å². The molecule has 0 amide bonds. The highest BCUT2D eigenvalue weighted by atomic mass is 16.5. The van der Waals surface area contributed by atoms with E-state index in [4.69, 9.17) is 14.1 Å². The highest BCUT2D eigenvalue weighted by molar-refractivity contribution is 5.89. The van der Waals surface area contributed by atoms with Crippen LogP contribution in [0, 0.1) is 13.8 Å². The van der Waals surface area contributed by atoms with Gasteiger partial charge in [0, 0.05) is 22.4 Å². The maximum absolute atomic E-state index is 6.10. The van der Waals surface area contributed by atoms with Crippen molar-refractivity contribution in [1.82, 2.24) is 4.98 Å². The number of aromatic nitrogens is 1. The van der Waals surface area contributed by atoms with Gasteiger partial charge < -0.3 is 9.15 Å². The molecular weight excluding hydrogens is 358 g/mol. The van der Waals surface area contributed by atoms with Gasteiger partial charge in [0.15, 0.2) is 5.76 Å². The molecule has 29 heavy (non-hydrogen) atoms. The van der Waals surface area contributed by atoms with E-state index in [0.717, 1.165) is 55.8 Å². The lowest BCUT2D eigenvalue weighted by atomic mass is 10.1. The van der Waals surface area contributed by atoms with Crippen LogP contribution in [-0.4, -0.2) is 4.98 Å². The van der Waals surface area contributed by atoms with Crippen molar-refractivity contribution in [3.05, 3.63) is 95.6 Å². The summed E-state index contributed by atoms with van der Waals surface area (Å²) in [6.45, 7) is 4.68. The minimum Gasteiger partial charge on any atom is -0.489 e. The summed E-state index contributed by atoms with van der Waals surface area (Å²) in [6.07, 6.45) is 0. The number of aryl methyl sites for hydroxylation is 2. The minimum atomic E-state index is 0.537. The average Bonchev–Trinajstić information content (AvgIpc) is 3.09. The first-order valence-electron chi connectivity index (χ1n) is 9.76. The van der Waals surface area contributed by atoms with Crippen molar-refractivity contribution in [3.63, 3.8) is 0 Å². The molecule has 0 aliphatic rings. The zero-order chi connectivity index (χ0) is 19.8. The number of rotatable bonds is 4. The molecule has 2 heterocycles. The molecule has 0 spiro atoms. The Morgan fingerprint density at radius 2 is 1.66 bits per heavy atom. The zero-order valence-corrected chi connectivity index (χ0v) is 16.5. The number of benzene rings is 3. The van der Waals surface area contributed by atoms with Crippen LogP contribution in [0.5, 0.6) is 5.75 Å². The van der Waals surface area contributed by atoms with Crippen LogP contribution in [0.1, 0.15) is 16.7 Å². The molecule has 3 heteroatoms. The Morgan fingerprint density at radius 3 is 2.48 bits per heavy atom. The van der Waals surface area contributed by atoms with Crippen LogP contribution in [0.4, 0.5) is 0 Å². The fraction of sp³-hybridized carbons (Fsp3) is 0.115. The summed E-state index contributed by atoms with van der Waals surface area (Å²) in [5, 5.41) is 2.22. The summed E-state index contributed by atoms with van der Waals surface area (Å²) >= 11 is 0. The maximum Gasteiger partial charge on any atom is 0.156 e. The van der Waals surface area contributed by atoms with Crippen LogP contribution in [0.15, 0.2) is 83.3 Å². The van der Waals surface area contributed by atoms with Crippen LogP contribution in [0.3, 0.4) is 0 Å². The smallest absolute Gasteiger partial charge is 0.156 e. The highest BCUT2D eigenvalue weighted by Gasteiger charge is 2.14. The van der Waals surface area contributed by atoms with Gasteiger partial charge in [-0.05, 0) is 43.2 Å². The van der Waals surface area contributed by atoms with Crippen molar-refractivity contribution in [2.24, 2.45) is 0 Å².